The molecule has 0 fully saturated rings. The van der Waals surface area contributed by atoms with Crippen LogP contribution in [0.4, 0.5) is 0 Å². The molecular formula is C19H21N7O5. The second-order valence-corrected chi connectivity index (χ2v) is 6.55. The molecule has 0 unspecified atom stereocenters. The molecule has 3 N–H and O–H groups in total. The van der Waals surface area contributed by atoms with Crippen LogP contribution in [-0.2, 0) is 22.6 Å². The number of carbonyl (C=O) groups is 3. The third kappa shape index (κ3) is 4.37. The number of carboxylic acid groups (broad SMARTS) is 1. The number of nitrogens with zero attached hydrogens (tertiary/aromatic N) is 6. The number of hydrogen-bond acceptors (Lipinski definition) is 7. The molecule has 12 nitrogen and oxygen atoms in total. The Morgan fingerprint density at radius 1 is 1.29 bits per heavy atom. The third-order valence-corrected chi connectivity index (χ3v) is 4.52. The molecule has 0 spiro atoms. The standard InChI is InChI=1S/C18H19N7O3.CH2O2/c1-23-7-8-24-13(18(23)27)9-11(21-24)17-20-16(10-15(19)26)22-25(17)12-5-3-4-6-14(12)28-2;2-1-3/h3-6,9H,7-8,10H2,1-2H3,(H2,19,26);1H,(H,2,3). The van der Waals surface area contributed by atoms with Crippen LogP contribution in [0.5, 0.6) is 5.75 Å². The van der Waals surface area contributed by atoms with Crippen molar-refractivity contribution in [3.05, 3.63) is 41.9 Å². The number of carbonyl (C=O) groups excluding carboxylic acids is 2. The topological polar surface area (TPSA) is 158 Å². The summed E-state index contributed by atoms with van der Waals surface area (Å²) in [6.07, 6.45) is -0.107. The molecule has 1 aromatic carbocycles. The number of primary amides is 1. The first kappa shape index (κ1) is 21.5. The summed E-state index contributed by atoms with van der Waals surface area (Å²) < 4.78 is 8.64. The molecule has 4 rings (SSSR count). The molecule has 0 atom stereocenters. The van der Waals surface area contributed by atoms with E-state index < -0.39 is 5.91 Å². The summed E-state index contributed by atoms with van der Waals surface area (Å²) in [6, 6.07) is 8.98. The highest BCUT2D eigenvalue weighted by atomic mass is 16.5. The van der Waals surface area contributed by atoms with Gasteiger partial charge in [-0.05, 0) is 12.1 Å². The Balaban J connectivity index is 0.000000858. The number of rotatable bonds is 5. The van der Waals surface area contributed by atoms with E-state index in [0.29, 0.717) is 41.7 Å². The van der Waals surface area contributed by atoms with Gasteiger partial charge in [0.1, 0.15) is 22.8 Å². The number of para-hydroxylation sites is 2. The van der Waals surface area contributed by atoms with E-state index in [0.717, 1.165) is 0 Å². The highest BCUT2D eigenvalue weighted by Gasteiger charge is 2.27. The first-order valence-electron chi connectivity index (χ1n) is 9.18. The van der Waals surface area contributed by atoms with Crippen molar-refractivity contribution in [2.75, 3.05) is 20.7 Å². The van der Waals surface area contributed by atoms with Crippen molar-refractivity contribution in [2.24, 2.45) is 5.73 Å². The van der Waals surface area contributed by atoms with Crippen LogP contribution in [0.25, 0.3) is 17.2 Å². The first-order valence-corrected chi connectivity index (χ1v) is 9.18. The van der Waals surface area contributed by atoms with Gasteiger partial charge in [0.25, 0.3) is 12.4 Å². The highest BCUT2D eigenvalue weighted by Crippen LogP contribution is 2.28. The van der Waals surface area contributed by atoms with Crippen LogP contribution in [0.2, 0.25) is 0 Å². The predicted octanol–water partition coefficient (Wildman–Crippen LogP) is -0.0464. The van der Waals surface area contributed by atoms with Crippen molar-refractivity contribution in [3.63, 3.8) is 0 Å². The van der Waals surface area contributed by atoms with Crippen molar-refractivity contribution in [1.29, 1.82) is 0 Å². The number of methoxy groups -OCH3 is 1. The SMILES string of the molecule is COc1ccccc1-n1nc(CC(N)=O)nc1-c1cc2n(n1)CCN(C)C2=O.O=CO. The maximum atomic E-state index is 12.4. The largest absolute Gasteiger partial charge is 0.494 e. The molecule has 12 heteroatoms. The average molecular weight is 427 g/mol. The van der Waals surface area contributed by atoms with Crippen molar-refractivity contribution in [1.82, 2.24) is 29.4 Å². The van der Waals surface area contributed by atoms with Crippen LogP contribution in [0.1, 0.15) is 16.3 Å². The van der Waals surface area contributed by atoms with Crippen LogP contribution in [0.3, 0.4) is 0 Å². The van der Waals surface area contributed by atoms with E-state index in [4.69, 9.17) is 20.4 Å². The van der Waals surface area contributed by atoms with E-state index in [1.165, 1.54) is 0 Å². The molecule has 2 amide bonds. The Hall–Kier alpha value is -4.22. The van der Waals surface area contributed by atoms with E-state index in [1.54, 1.807) is 40.6 Å². The summed E-state index contributed by atoms with van der Waals surface area (Å²) in [5.41, 5.74) is 6.90. The lowest BCUT2D eigenvalue weighted by Gasteiger charge is -2.22. The number of ether oxygens (including phenoxy) is 1. The van der Waals surface area contributed by atoms with Gasteiger partial charge in [0.15, 0.2) is 11.6 Å². The second kappa shape index (κ2) is 9.07. The first-order chi connectivity index (χ1) is 14.9. The highest BCUT2D eigenvalue weighted by molar-refractivity contribution is 5.94. The molecule has 3 aromatic rings. The Morgan fingerprint density at radius 3 is 2.68 bits per heavy atom. The predicted molar refractivity (Wildman–Crippen MR) is 108 cm³/mol. The van der Waals surface area contributed by atoms with Crippen molar-refractivity contribution in [2.45, 2.75) is 13.0 Å². The fraction of sp³-hybridized carbons (Fsp3) is 0.263. The summed E-state index contributed by atoms with van der Waals surface area (Å²) in [5, 5.41) is 15.8. The molecule has 2 aromatic heterocycles. The van der Waals surface area contributed by atoms with Crippen LogP contribution < -0.4 is 10.5 Å². The third-order valence-electron chi connectivity index (χ3n) is 4.52. The van der Waals surface area contributed by atoms with Gasteiger partial charge < -0.3 is 20.5 Å². The van der Waals surface area contributed by atoms with E-state index in [2.05, 4.69) is 15.2 Å². The van der Waals surface area contributed by atoms with Crippen LogP contribution in [0.15, 0.2) is 30.3 Å². The maximum Gasteiger partial charge on any atom is 0.290 e. The molecule has 0 radical (unpaired) electrons. The van der Waals surface area contributed by atoms with E-state index in [9.17, 15) is 9.59 Å². The molecule has 0 saturated carbocycles. The minimum absolute atomic E-state index is 0.106. The van der Waals surface area contributed by atoms with Gasteiger partial charge in [-0.3, -0.25) is 19.1 Å². The number of likely N-dealkylation sites (N-methyl/N-ethyl adjacent to an activating group) is 1. The molecule has 0 aliphatic carbocycles. The Bertz CT molecular complexity index is 1120. The number of hydrogen-bond donors (Lipinski definition) is 2. The van der Waals surface area contributed by atoms with Crippen LogP contribution in [0, 0.1) is 0 Å². The smallest absolute Gasteiger partial charge is 0.290 e. The van der Waals surface area contributed by atoms with Gasteiger partial charge in [0.2, 0.25) is 5.91 Å². The molecular weight excluding hydrogens is 406 g/mol. The van der Waals surface area contributed by atoms with Gasteiger partial charge in [-0.1, -0.05) is 12.1 Å². The fourth-order valence-electron chi connectivity index (χ4n) is 3.13. The van der Waals surface area contributed by atoms with Crippen molar-refractivity contribution >= 4 is 18.3 Å². The zero-order valence-electron chi connectivity index (χ0n) is 16.9. The number of benzene rings is 1. The fourth-order valence-corrected chi connectivity index (χ4v) is 3.13. The molecule has 162 valence electrons. The summed E-state index contributed by atoms with van der Waals surface area (Å²) in [5.74, 6) is 0.607. The summed E-state index contributed by atoms with van der Waals surface area (Å²) in [7, 11) is 3.31. The Kier molecular flexibility index (Phi) is 6.29. The van der Waals surface area contributed by atoms with Gasteiger partial charge in [-0.25, -0.2) is 9.67 Å². The second-order valence-electron chi connectivity index (χ2n) is 6.55. The zero-order valence-corrected chi connectivity index (χ0v) is 16.9. The minimum atomic E-state index is -0.537. The summed E-state index contributed by atoms with van der Waals surface area (Å²) >= 11 is 0. The maximum absolute atomic E-state index is 12.4. The molecule has 0 bridgehead atoms. The number of amides is 2. The molecule has 31 heavy (non-hydrogen) atoms. The Morgan fingerprint density at radius 2 is 2.00 bits per heavy atom. The average Bonchev–Trinajstić information content (AvgIpc) is 3.35. The van der Waals surface area contributed by atoms with Gasteiger partial charge in [-0.15, -0.1) is 5.10 Å². The molecule has 0 saturated heterocycles. The van der Waals surface area contributed by atoms with Gasteiger partial charge in [0, 0.05) is 19.7 Å². The lowest BCUT2D eigenvalue weighted by molar-refractivity contribution is -0.123. The van der Waals surface area contributed by atoms with E-state index in [-0.39, 0.29) is 24.6 Å². The molecule has 3 heterocycles. The molecule has 1 aliphatic heterocycles. The Labute approximate surface area is 176 Å². The van der Waals surface area contributed by atoms with E-state index in [1.807, 2.05) is 18.2 Å². The molecule has 1 aliphatic rings. The lowest BCUT2D eigenvalue weighted by atomic mass is 10.2. The lowest BCUT2D eigenvalue weighted by Crippen LogP contribution is -2.37. The zero-order chi connectivity index (χ0) is 22.5. The van der Waals surface area contributed by atoms with Crippen molar-refractivity contribution in [3.8, 4) is 23.0 Å². The van der Waals surface area contributed by atoms with Crippen LogP contribution in [-0.4, -0.2) is 73.5 Å². The monoisotopic (exact) mass is 427 g/mol. The number of nitrogens with two attached hydrogens (primary N) is 1. The van der Waals surface area contributed by atoms with E-state index >= 15 is 0 Å². The van der Waals surface area contributed by atoms with Gasteiger partial charge >= 0.3 is 0 Å². The van der Waals surface area contributed by atoms with Crippen LogP contribution >= 0.6 is 0 Å². The van der Waals surface area contributed by atoms with Crippen molar-refractivity contribution < 1.29 is 24.2 Å². The normalized spacial score (nSPS) is 12.6. The minimum Gasteiger partial charge on any atom is -0.494 e. The number of fused-ring (bicyclic) bond motifs is 1. The van der Waals surface area contributed by atoms with Gasteiger partial charge in [0.05, 0.1) is 20.1 Å². The quantitative estimate of drug-likeness (QED) is 0.536. The van der Waals surface area contributed by atoms with Gasteiger partial charge in [-0.2, -0.15) is 5.10 Å². The summed E-state index contributed by atoms with van der Waals surface area (Å²) in [6.45, 7) is 0.924. The number of aromatic nitrogens is 5. The summed E-state index contributed by atoms with van der Waals surface area (Å²) in [4.78, 5) is 38.2.